The standard InChI is InChI=1S/C10H22N2O/c1-6-9(2)11-7-10(3,13)8-12(4)5/h6,9,11,13H,1,7-8H2,2-5H3. The van der Waals surface area contributed by atoms with E-state index < -0.39 is 5.60 Å². The van der Waals surface area contributed by atoms with Gasteiger partial charge in [-0.2, -0.15) is 0 Å². The summed E-state index contributed by atoms with van der Waals surface area (Å²) in [4.78, 5) is 1.97. The van der Waals surface area contributed by atoms with Crippen LogP contribution in [-0.2, 0) is 0 Å². The number of nitrogens with zero attached hydrogens (tertiary/aromatic N) is 1. The fourth-order valence-corrected chi connectivity index (χ4v) is 1.20. The van der Waals surface area contributed by atoms with Gasteiger partial charge in [0.2, 0.25) is 0 Å². The molecule has 3 heteroatoms. The highest BCUT2D eigenvalue weighted by molar-refractivity contribution is 4.86. The number of hydrogen-bond acceptors (Lipinski definition) is 3. The van der Waals surface area contributed by atoms with E-state index >= 15 is 0 Å². The van der Waals surface area contributed by atoms with Crippen molar-refractivity contribution >= 4 is 0 Å². The Kier molecular flexibility index (Phi) is 5.21. The predicted molar refractivity (Wildman–Crippen MR) is 56.8 cm³/mol. The van der Waals surface area contributed by atoms with Crippen LogP contribution in [0.5, 0.6) is 0 Å². The molecule has 0 bridgehead atoms. The lowest BCUT2D eigenvalue weighted by Crippen LogP contribution is -2.47. The molecule has 3 nitrogen and oxygen atoms in total. The molecule has 0 fully saturated rings. The first-order valence-electron chi connectivity index (χ1n) is 4.60. The Hall–Kier alpha value is -0.380. The minimum atomic E-state index is -0.680. The van der Waals surface area contributed by atoms with Gasteiger partial charge in [0.05, 0.1) is 5.60 Å². The third kappa shape index (κ3) is 6.75. The van der Waals surface area contributed by atoms with E-state index in [4.69, 9.17) is 0 Å². The van der Waals surface area contributed by atoms with Crippen LogP contribution in [0.3, 0.4) is 0 Å². The second kappa shape index (κ2) is 5.37. The minimum absolute atomic E-state index is 0.244. The lowest BCUT2D eigenvalue weighted by molar-refractivity contribution is 0.0329. The number of rotatable bonds is 6. The van der Waals surface area contributed by atoms with Crippen LogP contribution in [-0.4, -0.2) is 48.8 Å². The van der Waals surface area contributed by atoms with Crippen molar-refractivity contribution < 1.29 is 5.11 Å². The van der Waals surface area contributed by atoms with Gasteiger partial charge >= 0.3 is 0 Å². The summed E-state index contributed by atoms with van der Waals surface area (Å²) in [5.41, 5.74) is -0.680. The average Bonchev–Trinajstić information content (AvgIpc) is 1.98. The highest BCUT2D eigenvalue weighted by Crippen LogP contribution is 2.02. The van der Waals surface area contributed by atoms with Crippen molar-refractivity contribution in [1.82, 2.24) is 10.2 Å². The third-order valence-electron chi connectivity index (χ3n) is 1.82. The van der Waals surface area contributed by atoms with E-state index in [-0.39, 0.29) is 6.04 Å². The van der Waals surface area contributed by atoms with E-state index in [0.29, 0.717) is 13.1 Å². The van der Waals surface area contributed by atoms with Gasteiger partial charge in [0.25, 0.3) is 0 Å². The number of aliphatic hydroxyl groups is 1. The zero-order valence-electron chi connectivity index (χ0n) is 9.17. The van der Waals surface area contributed by atoms with Crippen LogP contribution in [0.2, 0.25) is 0 Å². The van der Waals surface area contributed by atoms with E-state index in [1.165, 1.54) is 0 Å². The molecule has 0 aromatic heterocycles. The third-order valence-corrected chi connectivity index (χ3v) is 1.82. The van der Waals surface area contributed by atoms with E-state index in [1.807, 2.05) is 38.9 Å². The molecule has 0 aromatic rings. The summed E-state index contributed by atoms with van der Waals surface area (Å²) >= 11 is 0. The smallest absolute Gasteiger partial charge is 0.0869 e. The first-order chi connectivity index (χ1) is 5.87. The van der Waals surface area contributed by atoms with Gasteiger partial charge in [0, 0.05) is 19.1 Å². The molecular formula is C10H22N2O. The van der Waals surface area contributed by atoms with Gasteiger partial charge in [-0.25, -0.2) is 0 Å². The highest BCUT2D eigenvalue weighted by atomic mass is 16.3. The molecule has 0 aromatic carbocycles. The summed E-state index contributed by atoms with van der Waals surface area (Å²) in [6.07, 6.45) is 1.83. The van der Waals surface area contributed by atoms with Gasteiger partial charge in [0.15, 0.2) is 0 Å². The molecule has 2 unspecified atom stereocenters. The van der Waals surface area contributed by atoms with E-state index in [2.05, 4.69) is 11.9 Å². The fourth-order valence-electron chi connectivity index (χ4n) is 1.20. The molecule has 0 saturated carbocycles. The predicted octanol–water partition coefficient (Wildman–Crippen LogP) is 0.463. The van der Waals surface area contributed by atoms with Crippen molar-refractivity contribution in [3.8, 4) is 0 Å². The van der Waals surface area contributed by atoms with Gasteiger partial charge in [-0.1, -0.05) is 6.08 Å². The Bertz CT molecular complexity index is 155. The fraction of sp³-hybridized carbons (Fsp3) is 0.800. The summed E-state index contributed by atoms with van der Waals surface area (Å²) in [5.74, 6) is 0. The Balaban J connectivity index is 3.81. The maximum Gasteiger partial charge on any atom is 0.0869 e. The van der Waals surface area contributed by atoms with Crippen LogP contribution in [0.1, 0.15) is 13.8 Å². The molecule has 2 N–H and O–H groups in total. The first-order valence-corrected chi connectivity index (χ1v) is 4.60. The maximum absolute atomic E-state index is 9.89. The van der Waals surface area contributed by atoms with Crippen molar-refractivity contribution in [2.24, 2.45) is 0 Å². The average molecular weight is 186 g/mol. The van der Waals surface area contributed by atoms with Crippen LogP contribution in [0, 0.1) is 0 Å². The molecule has 0 aliphatic carbocycles. The first kappa shape index (κ1) is 12.6. The van der Waals surface area contributed by atoms with Gasteiger partial charge in [-0.3, -0.25) is 0 Å². The van der Waals surface area contributed by atoms with Crippen molar-refractivity contribution in [2.45, 2.75) is 25.5 Å². The van der Waals surface area contributed by atoms with Gasteiger partial charge in [-0.15, -0.1) is 6.58 Å². The number of nitrogens with one attached hydrogen (secondary N) is 1. The SMILES string of the molecule is C=CC(C)NCC(C)(O)CN(C)C. The molecule has 0 amide bonds. The van der Waals surface area contributed by atoms with Crippen molar-refractivity contribution in [1.29, 1.82) is 0 Å². The molecule has 0 heterocycles. The van der Waals surface area contributed by atoms with Crippen LogP contribution in [0.4, 0.5) is 0 Å². The second-order valence-electron chi connectivity index (χ2n) is 4.14. The molecule has 0 aliphatic heterocycles. The zero-order valence-corrected chi connectivity index (χ0v) is 9.17. The van der Waals surface area contributed by atoms with Crippen LogP contribution < -0.4 is 5.32 Å². The molecule has 0 rings (SSSR count). The molecule has 0 spiro atoms. The monoisotopic (exact) mass is 186 g/mol. The summed E-state index contributed by atoms with van der Waals surface area (Å²) in [6, 6.07) is 0.244. The van der Waals surface area contributed by atoms with Gasteiger partial charge in [0.1, 0.15) is 0 Å². The Morgan fingerprint density at radius 1 is 1.62 bits per heavy atom. The van der Waals surface area contributed by atoms with Crippen molar-refractivity contribution in [2.75, 3.05) is 27.2 Å². The number of likely N-dealkylation sites (N-methyl/N-ethyl adjacent to an activating group) is 1. The van der Waals surface area contributed by atoms with Crippen LogP contribution >= 0.6 is 0 Å². The highest BCUT2D eigenvalue weighted by Gasteiger charge is 2.20. The van der Waals surface area contributed by atoms with Gasteiger partial charge in [-0.05, 0) is 27.9 Å². The van der Waals surface area contributed by atoms with E-state index in [1.54, 1.807) is 0 Å². The topological polar surface area (TPSA) is 35.5 Å². The Morgan fingerprint density at radius 2 is 2.15 bits per heavy atom. The molecule has 0 saturated heterocycles. The summed E-state index contributed by atoms with van der Waals surface area (Å²) in [5, 5.41) is 13.1. The van der Waals surface area contributed by atoms with Crippen LogP contribution in [0.15, 0.2) is 12.7 Å². The minimum Gasteiger partial charge on any atom is -0.388 e. The zero-order chi connectivity index (χ0) is 10.5. The molecule has 13 heavy (non-hydrogen) atoms. The van der Waals surface area contributed by atoms with E-state index in [0.717, 1.165) is 0 Å². The summed E-state index contributed by atoms with van der Waals surface area (Å²) < 4.78 is 0. The lowest BCUT2D eigenvalue weighted by Gasteiger charge is -2.28. The molecular weight excluding hydrogens is 164 g/mol. The summed E-state index contributed by atoms with van der Waals surface area (Å²) in [7, 11) is 3.90. The Morgan fingerprint density at radius 3 is 2.54 bits per heavy atom. The van der Waals surface area contributed by atoms with Crippen molar-refractivity contribution in [3.63, 3.8) is 0 Å². The Labute approximate surface area is 81.4 Å². The molecule has 78 valence electrons. The van der Waals surface area contributed by atoms with E-state index in [9.17, 15) is 5.11 Å². The van der Waals surface area contributed by atoms with Gasteiger partial charge < -0.3 is 15.3 Å². The molecule has 0 aliphatic rings. The molecule has 0 radical (unpaired) electrons. The maximum atomic E-state index is 9.89. The van der Waals surface area contributed by atoms with Crippen molar-refractivity contribution in [3.05, 3.63) is 12.7 Å². The quantitative estimate of drug-likeness (QED) is 0.592. The normalized spacial score (nSPS) is 18.3. The second-order valence-corrected chi connectivity index (χ2v) is 4.14. The number of hydrogen-bond donors (Lipinski definition) is 2. The lowest BCUT2D eigenvalue weighted by atomic mass is 10.1. The van der Waals surface area contributed by atoms with Crippen LogP contribution in [0.25, 0.3) is 0 Å². The summed E-state index contributed by atoms with van der Waals surface area (Å²) in [6.45, 7) is 8.75. The molecule has 2 atom stereocenters. The largest absolute Gasteiger partial charge is 0.388 e.